The molecule has 1 aliphatic carbocycles. The number of anilines is 1. The molecule has 2 aromatic rings. The lowest BCUT2D eigenvalue weighted by Gasteiger charge is -2.08. The van der Waals surface area contributed by atoms with Gasteiger partial charge < -0.3 is 10.1 Å². The first-order chi connectivity index (χ1) is 8.79. The summed E-state index contributed by atoms with van der Waals surface area (Å²) >= 11 is 0. The number of rotatable bonds is 4. The molecule has 0 radical (unpaired) electrons. The molecule has 0 saturated heterocycles. The Hall–Kier alpha value is -2.10. The zero-order chi connectivity index (χ0) is 12.4. The summed E-state index contributed by atoms with van der Waals surface area (Å²) < 4.78 is 5.64. The first-order valence-corrected chi connectivity index (χ1v) is 6.15. The third-order valence-electron chi connectivity index (χ3n) is 2.72. The highest BCUT2D eigenvalue weighted by Crippen LogP contribution is 2.25. The van der Waals surface area contributed by atoms with Crippen LogP contribution >= 0.6 is 0 Å². The summed E-state index contributed by atoms with van der Waals surface area (Å²) in [4.78, 5) is 8.65. The van der Waals surface area contributed by atoms with Crippen LogP contribution in [0.5, 0.6) is 11.8 Å². The molecule has 1 N–H and O–H groups in total. The fraction of sp³-hybridized carbons (Fsp3) is 0.286. The molecule has 4 heteroatoms. The molecule has 92 valence electrons. The van der Waals surface area contributed by atoms with Gasteiger partial charge in [0.15, 0.2) is 0 Å². The molecule has 0 aliphatic heterocycles. The quantitative estimate of drug-likeness (QED) is 0.893. The maximum absolute atomic E-state index is 5.64. The van der Waals surface area contributed by atoms with Crippen molar-refractivity contribution in [3.8, 4) is 11.8 Å². The molecule has 0 spiro atoms. The zero-order valence-electron chi connectivity index (χ0n) is 10.3. The Labute approximate surface area is 106 Å². The highest BCUT2D eigenvalue weighted by Gasteiger charge is 2.21. The van der Waals surface area contributed by atoms with Crippen LogP contribution in [0.3, 0.4) is 0 Å². The first-order valence-electron chi connectivity index (χ1n) is 6.15. The Morgan fingerprint density at radius 3 is 2.67 bits per heavy atom. The van der Waals surface area contributed by atoms with E-state index >= 15 is 0 Å². The maximum atomic E-state index is 5.64. The van der Waals surface area contributed by atoms with Crippen molar-refractivity contribution in [1.82, 2.24) is 9.97 Å². The lowest BCUT2D eigenvalue weighted by molar-refractivity contribution is 0.441. The monoisotopic (exact) mass is 241 g/mol. The van der Waals surface area contributed by atoms with Gasteiger partial charge in [0.2, 0.25) is 0 Å². The molecule has 1 aliphatic rings. The minimum absolute atomic E-state index is 0.393. The molecule has 0 unspecified atom stereocenters. The molecule has 18 heavy (non-hydrogen) atoms. The summed E-state index contributed by atoms with van der Waals surface area (Å²) in [5, 5.41) is 3.35. The Kier molecular flexibility index (Phi) is 2.84. The number of ether oxygens (including phenoxy) is 1. The van der Waals surface area contributed by atoms with Crippen molar-refractivity contribution in [3.63, 3.8) is 0 Å². The lowest BCUT2D eigenvalue weighted by atomic mass is 10.3. The van der Waals surface area contributed by atoms with Gasteiger partial charge in [-0.15, -0.1) is 0 Å². The van der Waals surface area contributed by atoms with Gasteiger partial charge in [0, 0.05) is 17.8 Å². The summed E-state index contributed by atoms with van der Waals surface area (Å²) in [6.45, 7) is 1.94. The van der Waals surface area contributed by atoms with Crippen molar-refractivity contribution in [3.05, 3.63) is 42.1 Å². The highest BCUT2D eigenvalue weighted by atomic mass is 16.5. The molecular formula is C14H15N3O. The van der Waals surface area contributed by atoms with Gasteiger partial charge in [0.25, 0.3) is 0 Å². The molecule has 0 atom stereocenters. The van der Waals surface area contributed by atoms with Crippen LogP contribution in [-0.2, 0) is 0 Å². The summed E-state index contributed by atoms with van der Waals surface area (Å²) in [7, 11) is 0. The van der Waals surface area contributed by atoms with E-state index in [2.05, 4.69) is 15.3 Å². The number of hydrogen-bond donors (Lipinski definition) is 1. The number of aryl methyl sites for hydroxylation is 1. The molecule has 1 aromatic carbocycles. The Morgan fingerprint density at radius 2 is 1.94 bits per heavy atom. The Bertz CT molecular complexity index is 538. The van der Waals surface area contributed by atoms with Gasteiger partial charge in [0.05, 0.1) is 0 Å². The van der Waals surface area contributed by atoms with Crippen LogP contribution < -0.4 is 10.1 Å². The molecule has 1 saturated carbocycles. The van der Waals surface area contributed by atoms with Crippen molar-refractivity contribution in [2.75, 3.05) is 5.32 Å². The van der Waals surface area contributed by atoms with Crippen LogP contribution in [0.25, 0.3) is 0 Å². The largest absolute Gasteiger partial charge is 0.424 e. The van der Waals surface area contributed by atoms with E-state index in [4.69, 9.17) is 4.74 Å². The average molecular weight is 241 g/mol. The fourth-order valence-corrected chi connectivity index (χ4v) is 1.69. The second-order valence-electron chi connectivity index (χ2n) is 4.51. The molecule has 0 amide bonds. The van der Waals surface area contributed by atoms with Gasteiger partial charge in [-0.05, 0) is 31.9 Å². The second kappa shape index (κ2) is 4.64. The predicted molar refractivity (Wildman–Crippen MR) is 69.9 cm³/mol. The van der Waals surface area contributed by atoms with E-state index in [9.17, 15) is 0 Å². The Balaban J connectivity index is 1.80. The van der Waals surface area contributed by atoms with E-state index in [0.29, 0.717) is 12.1 Å². The maximum Gasteiger partial charge on any atom is 0.324 e. The number of nitrogens with zero attached hydrogens (tertiary/aromatic N) is 2. The first kappa shape index (κ1) is 11.0. The normalized spacial score (nSPS) is 14.3. The second-order valence-corrected chi connectivity index (χ2v) is 4.51. The van der Waals surface area contributed by atoms with Gasteiger partial charge >= 0.3 is 6.01 Å². The van der Waals surface area contributed by atoms with E-state index in [1.807, 2.05) is 43.3 Å². The standard InChI is InChI=1S/C14H15N3O/c1-10-9-13(16-11-7-8-11)17-14(15-10)18-12-5-3-2-4-6-12/h2-6,9,11H,7-8H2,1H3,(H,15,16,17). The molecule has 1 aromatic heterocycles. The summed E-state index contributed by atoms with van der Waals surface area (Å²) in [6.07, 6.45) is 2.44. The lowest BCUT2D eigenvalue weighted by Crippen LogP contribution is -2.05. The van der Waals surface area contributed by atoms with Gasteiger partial charge in [-0.3, -0.25) is 0 Å². The van der Waals surface area contributed by atoms with Crippen molar-refractivity contribution in [1.29, 1.82) is 0 Å². The molecule has 0 bridgehead atoms. The number of benzene rings is 1. The van der Waals surface area contributed by atoms with E-state index < -0.39 is 0 Å². The van der Waals surface area contributed by atoms with E-state index in [-0.39, 0.29) is 0 Å². The number of aromatic nitrogens is 2. The van der Waals surface area contributed by atoms with E-state index in [0.717, 1.165) is 17.3 Å². The van der Waals surface area contributed by atoms with Crippen LogP contribution in [0.15, 0.2) is 36.4 Å². The van der Waals surface area contributed by atoms with Gasteiger partial charge in [0.1, 0.15) is 11.6 Å². The molecule has 3 rings (SSSR count). The SMILES string of the molecule is Cc1cc(NC2CC2)nc(Oc2ccccc2)n1. The zero-order valence-corrected chi connectivity index (χ0v) is 10.3. The minimum Gasteiger partial charge on any atom is -0.424 e. The summed E-state index contributed by atoms with van der Waals surface area (Å²) in [6, 6.07) is 12.5. The number of nitrogens with one attached hydrogen (secondary N) is 1. The predicted octanol–water partition coefficient (Wildman–Crippen LogP) is 3.15. The fourth-order valence-electron chi connectivity index (χ4n) is 1.69. The van der Waals surface area contributed by atoms with Crippen LogP contribution in [-0.4, -0.2) is 16.0 Å². The van der Waals surface area contributed by atoms with Crippen molar-refractivity contribution >= 4 is 5.82 Å². The molecule has 4 nitrogen and oxygen atoms in total. The molecule has 1 heterocycles. The van der Waals surface area contributed by atoms with Crippen LogP contribution in [0, 0.1) is 6.92 Å². The van der Waals surface area contributed by atoms with Crippen LogP contribution in [0.4, 0.5) is 5.82 Å². The van der Waals surface area contributed by atoms with Crippen LogP contribution in [0.2, 0.25) is 0 Å². The third-order valence-corrected chi connectivity index (χ3v) is 2.72. The average Bonchev–Trinajstić information content (AvgIpc) is 3.13. The van der Waals surface area contributed by atoms with Gasteiger partial charge in [-0.25, -0.2) is 4.98 Å². The Morgan fingerprint density at radius 1 is 1.17 bits per heavy atom. The molecule has 1 fully saturated rings. The van der Waals surface area contributed by atoms with Crippen molar-refractivity contribution in [2.45, 2.75) is 25.8 Å². The minimum atomic E-state index is 0.393. The summed E-state index contributed by atoms with van der Waals surface area (Å²) in [5.41, 5.74) is 0.902. The highest BCUT2D eigenvalue weighted by molar-refractivity contribution is 5.40. The third kappa shape index (κ3) is 2.77. The van der Waals surface area contributed by atoms with Crippen molar-refractivity contribution in [2.24, 2.45) is 0 Å². The van der Waals surface area contributed by atoms with Crippen LogP contribution in [0.1, 0.15) is 18.5 Å². The van der Waals surface area contributed by atoms with E-state index in [1.165, 1.54) is 12.8 Å². The topological polar surface area (TPSA) is 47.0 Å². The summed E-state index contributed by atoms with van der Waals surface area (Å²) in [5.74, 6) is 1.59. The van der Waals surface area contributed by atoms with Gasteiger partial charge in [-0.1, -0.05) is 18.2 Å². The number of hydrogen-bond acceptors (Lipinski definition) is 4. The number of para-hydroxylation sites is 1. The van der Waals surface area contributed by atoms with Crippen molar-refractivity contribution < 1.29 is 4.74 Å². The molecular weight excluding hydrogens is 226 g/mol. The van der Waals surface area contributed by atoms with Gasteiger partial charge in [-0.2, -0.15) is 4.98 Å². The smallest absolute Gasteiger partial charge is 0.324 e. The van der Waals surface area contributed by atoms with E-state index in [1.54, 1.807) is 0 Å².